The van der Waals surface area contributed by atoms with Gasteiger partial charge in [-0.2, -0.15) is 0 Å². The highest BCUT2D eigenvalue weighted by atomic mass is 19.1. The fourth-order valence-electron chi connectivity index (χ4n) is 4.80. The van der Waals surface area contributed by atoms with Crippen LogP contribution in [0.2, 0.25) is 0 Å². The molecule has 1 atom stereocenters. The number of hydrogen-bond donors (Lipinski definition) is 1. The van der Waals surface area contributed by atoms with Gasteiger partial charge in [0.15, 0.2) is 0 Å². The van der Waals surface area contributed by atoms with Gasteiger partial charge in [0.1, 0.15) is 17.7 Å². The van der Waals surface area contributed by atoms with Gasteiger partial charge in [-0.3, -0.25) is 14.5 Å². The van der Waals surface area contributed by atoms with Crippen molar-refractivity contribution >= 4 is 29.4 Å². The summed E-state index contributed by atoms with van der Waals surface area (Å²) in [7, 11) is 0. The van der Waals surface area contributed by atoms with E-state index in [2.05, 4.69) is 15.2 Å². The molecule has 0 unspecified atom stereocenters. The Balaban J connectivity index is 1.18. The summed E-state index contributed by atoms with van der Waals surface area (Å²) in [5.74, 6) is 0.200. The number of benzene rings is 2. The molecule has 2 aliphatic rings. The number of amides is 3. The number of carbonyl (C=O) groups is 3. The second kappa shape index (κ2) is 11.5. The van der Waals surface area contributed by atoms with Gasteiger partial charge in [0.2, 0.25) is 11.8 Å². The van der Waals surface area contributed by atoms with E-state index in [-0.39, 0.29) is 24.9 Å². The Kier molecular flexibility index (Phi) is 7.72. The summed E-state index contributed by atoms with van der Waals surface area (Å²) in [6.45, 7) is 4.40. The number of halogens is 1. The molecule has 39 heavy (non-hydrogen) atoms. The molecule has 0 bridgehead atoms. The molecule has 0 spiro atoms. The molecule has 0 radical (unpaired) electrons. The molecule has 0 aliphatic carbocycles. The first kappa shape index (κ1) is 26.1. The number of cyclic esters (lactones) is 1. The number of pyridine rings is 1. The number of hydrogen-bond acceptors (Lipinski definition) is 6. The van der Waals surface area contributed by atoms with E-state index >= 15 is 4.39 Å². The third-order valence-electron chi connectivity index (χ3n) is 6.93. The zero-order valence-electron chi connectivity index (χ0n) is 21.7. The second-order valence-corrected chi connectivity index (χ2v) is 9.65. The fraction of sp³-hybridized carbons (Fsp3) is 0.310. The van der Waals surface area contributed by atoms with Gasteiger partial charge in [-0.05, 0) is 35.9 Å². The van der Waals surface area contributed by atoms with Crippen LogP contribution < -0.4 is 15.1 Å². The van der Waals surface area contributed by atoms with Gasteiger partial charge in [-0.1, -0.05) is 30.3 Å². The molecule has 3 aromatic rings. The third-order valence-corrected chi connectivity index (χ3v) is 6.93. The van der Waals surface area contributed by atoms with Gasteiger partial charge in [0.25, 0.3) is 0 Å². The highest BCUT2D eigenvalue weighted by Gasteiger charge is 2.32. The smallest absolute Gasteiger partial charge is 0.414 e. The summed E-state index contributed by atoms with van der Waals surface area (Å²) in [5.41, 5.74) is 2.38. The maximum atomic E-state index is 15.1. The van der Waals surface area contributed by atoms with Crippen molar-refractivity contribution in [3.05, 3.63) is 78.2 Å². The predicted molar refractivity (Wildman–Crippen MR) is 145 cm³/mol. The summed E-state index contributed by atoms with van der Waals surface area (Å²) in [6, 6.07) is 18.0. The number of aromatic nitrogens is 1. The molecule has 1 N–H and O–H groups in total. The fourth-order valence-corrected chi connectivity index (χ4v) is 4.80. The summed E-state index contributed by atoms with van der Waals surface area (Å²) < 4.78 is 20.4. The van der Waals surface area contributed by atoms with Gasteiger partial charge >= 0.3 is 6.09 Å². The van der Waals surface area contributed by atoms with Crippen LogP contribution in [0.3, 0.4) is 0 Å². The lowest BCUT2D eigenvalue weighted by molar-refractivity contribution is -0.130. The number of nitrogens with one attached hydrogen (secondary N) is 1. The van der Waals surface area contributed by atoms with E-state index < -0.39 is 18.0 Å². The average molecular weight is 532 g/mol. The molecule has 1 aromatic heterocycles. The molecule has 2 aliphatic heterocycles. The maximum Gasteiger partial charge on any atom is 0.414 e. The molecular formula is C29H30FN5O4. The monoisotopic (exact) mass is 531 g/mol. The van der Waals surface area contributed by atoms with E-state index in [9.17, 15) is 14.4 Å². The van der Waals surface area contributed by atoms with Gasteiger partial charge in [-0.25, -0.2) is 14.2 Å². The second-order valence-electron chi connectivity index (χ2n) is 9.65. The normalized spacial score (nSPS) is 17.2. The lowest BCUT2D eigenvalue weighted by atomic mass is 10.1. The lowest BCUT2D eigenvalue weighted by Crippen LogP contribution is -2.49. The number of carbonyl (C=O) groups excluding carboxylic acids is 3. The van der Waals surface area contributed by atoms with E-state index in [1.54, 1.807) is 18.3 Å². The van der Waals surface area contributed by atoms with E-state index in [1.807, 2.05) is 47.4 Å². The van der Waals surface area contributed by atoms with Crippen LogP contribution in [0.15, 0.2) is 66.9 Å². The predicted octanol–water partition coefficient (Wildman–Crippen LogP) is 3.24. The van der Waals surface area contributed by atoms with Crippen LogP contribution in [0.1, 0.15) is 12.5 Å². The van der Waals surface area contributed by atoms with Gasteiger partial charge in [0, 0.05) is 50.4 Å². The zero-order valence-corrected chi connectivity index (χ0v) is 21.7. The van der Waals surface area contributed by atoms with Crippen molar-refractivity contribution in [2.75, 3.05) is 49.1 Å². The molecule has 2 aromatic carbocycles. The van der Waals surface area contributed by atoms with Gasteiger partial charge in [-0.15, -0.1) is 0 Å². The highest BCUT2D eigenvalue weighted by Crippen LogP contribution is 2.29. The number of anilines is 2. The molecule has 2 fully saturated rings. The first-order chi connectivity index (χ1) is 18.9. The number of rotatable bonds is 7. The maximum absolute atomic E-state index is 15.1. The van der Waals surface area contributed by atoms with Crippen LogP contribution in [0.5, 0.6) is 0 Å². The first-order valence-electron chi connectivity index (χ1n) is 12.9. The minimum Gasteiger partial charge on any atom is -0.442 e. The zero-order chi connectivity index (χ0) is 27.4. The number of piperazine rings is 1. The van der Waals surface area contributed by atoms with Crippen molar-refractivity contribution in [2.45, 2.75) is 19.4 Å². The lowest BCUT2D eigenvalue weighted by Gasteiger charge is -2.35. The van der Waals surface area contributed by atoms with Crippen molar-refractivity contribution < 1.29 is 23.5 Å². The molecule has 2 saturated heterocycles. The standard InChI is InChI=1S/C29H30FN5O4/c1-20(36)31-18-24-19-35(29(38)39-24)23-8-9-25(26(30)16-23)22-7-10-27(32-17-22)33-11-13-34(14-12-33)28(37)15-21-5-3-2-4-6-21/h2-10,16-17,24H,11-15,18-19H2,1H3,(H,31,36)/t24-/m0/s1. The Bertz CT molecular complexity index is 1340. The minimum atomic E-state index is -0.578. The summed E-state index contributed by atoms with van der Waals surface area (Å²) >= 11 is 0. The SMILES string of the molecule is CC(=O)NC[C@H]1CN(c2ccc(-c3ccc(N4CCN(C(=O)Cc5ccccc5)CC4)nc3)c(F)c2)C(=O)O1. The van der Waals surface area contributed by atoms with Gasteiger partial charge < -0.3 is 19.9 Å². The summed E-state index contributed by atoms with van der Waals surface area (Å²) in [5, 5.41) is 2.62. The molecule has 3 amide bonds. The Morgan fingerprint density at radius 1 is 1.05 bits per heavy atom. The number of nitrogens with zero attached hydrogens (tertiary/aromatic N) is 4. The van der Waals surface area contributed by atoms with E-state index in [0.717, 1.165) is 11.4 Å². The topological polar surface area (TPSA) is 95.1 Å². The molecule has 10 heteroatoms. The van der Waals surface area contributed by atoms with E-state index in [4.69, 9.17) is 4.74 Å². The highest BCUT2D eigenvalue weighted by molar-refractivity contribution is 5.90. The van der Waals surface area contributed by atoms with Crippen molar-refractivity contribution in [2.24, 2.45) is 0 Å². The van der Waals surface area contributed by atoms with Crippen molar-refractivity contribution in [3.8, 4) is 11.1 Å². The van der Waals surface area contributed by atoms with Crippen molar-refractivity contribution in [1.82, 2.24) is 15.2 Å². The minimum absolute atomic E-state index is 0.119. The molecule has 5 rings (SSSR count). The molecule has 3 heterocycles. The van der Waals surface area contributed by atoms with Gasteiger partial charge in [0.05, 0.1) is 25.2 Å². The quantitative estimate of drug-likeness (QED) is 0.503. The van der Waals surface area contributed by atoms with Crippen LogP contribution in [0.25, 0.3) is 11.1 Å². The van der Waals surface area contributed by atoms with Crippen LogP contribution in [-0.4, -0.2) is 73.2 Å². The van der Waals surface area contributed by atoms with Crippen molar-refractivity contribution in [3.63, 3.8) is 0 Å². The molecular weight excluding hydrogens is 501 g/mol. The van der Waals surface area contributed by atoms with Crippen LogP contribution in [-0.2, 0) is 20.7 Å². The van der Waals surface area contributed by atoms with Crippen LogP contribution in [0.4, 0.5) is 20.7 Å². The molecule has 202 valence electrons. The molecule has 9 nitrogen and oxygen atoms in total. The Hall–Kier alpha value is -4.47. The van der Waals surface area contributed by atoms with E-state index in [1.165, 1.54) is 17.9 Å². The average Bonchev–Trinajstić information content (AvgIpc) is 3.33. The Morgan fingerprint density at radius 2 is 1.82 bits per heavy atom. The summed E-state index contributed by atoms with van der Waals surface area (Å²) in [4.78, 5) is 45.9. The van der Waals surface area contributed by atoms with Crippen LogP contribution in [0, 0.1) is 5.82 Å². The van der Waals surface area contributed by atoms with Crippen molar-refractivity contribution in [1.29, 1.82) is 0 Å². The Labute approximate surface area is 226 Å². The Morgan fingerprint density at radius 3 is 2.49 bits per heavy atom. The van der Waals surface area contributed by atoms with Crippen LogP contribution >= 0.6 is 0 Å². The third kappa shape index (κ3) is 6.17. The summed E-state index contributed by atoms with van der Waals surface area (Å²) in [6.07, 6.45) is 0.956. The largest absolute Gasteiger partial charge is 0.442 e. The van der Waals surface area contributed by atoms with E-state index in [0.29, 0.717) is 49.4 Å². The number of ether oxygens (including phenoxy) is 1. The molecule has 0 saturated carbocycles. The first-order valence-corrected chi connectivity index (χ1v) is 12.9.